The summed E-state index contributed by atoms with van der Waals surface area (Å²) in [5, 5.41) is 0. The Labute approximate surface area is 180 Å². The van der Waals surface area contributed by atoms with Crippen molar-refractivity contribution in [3.05, 3.63) is 30.1 Å². The van der Waals surface area contributed by atoms with Gasteiger partial charge in [-0.05, 0) is 57.7 Å². The Morgan fingerprint density at radius 2 is 1.80 bits per heavy atom. The zero-order valence-electron chi connectivity index (χ0n) is 18.1. The van der Waals surface area contributed by atoms with Crippen LogP contribution in [0.4, 0.5) is 4.39 Å². The van der Waals surface area contributed by atoms with Crippen LogP contribution in [0.15, 0.2) is 29.2 Å². The van der Waals surface area contributed by atoms with Gasteiger partial charge in [-0.2, -0.15) is 4.31 Å². The summed E-state index contributed by atoms with van der Waals surface area (Å²) in [7, 11) is -3.67. The Kier molecular flexibility index (Phi) is 6.51. The second-order valence-electron chi connectivity index (χ2n) is 9.21. The summed E-state index contributed by atoms with van der Waals surface area (Å²) in [6.07, 6.45) is 3.42. The Hall–Kier alpha value is -1.06. The SMILES string of the molecule is CC(C)N1CCN(C2CCOC3(CCN(S(=O)(=O)c4cccc(F)c4)CC3)C2)CC1. The van der Waals surface area contributed by atoms with E-state index in [1.807, 2.05) is 0 Å². The number of ether oxygens (including phenoxy) is 1. The highest BCUT2D eigenvalue weighted by molar-refractivity contribution is 7.89. The van der Waals surface area contributed by atoms with E-state index < -0.39 is 15.8 Å². The van der Waals surface area contributed by atoms with E-state index >= 15 is 0 Å². The third-order valence-corrected chi connectivity index (χ3v) is 9.02. The lowest BCUT2D eigenvalue weighted by molar-refractivity contribution is -0.130. The number of benzene rings is 1. The Bertz CT molecular complexity index is 832. The minimum atomic E-state index is -3.67. The number of nitrogens with zero attached hydrogens (tertiary/aromatic N) is 3. The van der Waals surface area contributed by atoms with Crippen molar-refractivity contribution in [2.24, 2.45) is 0 Å². The van der Waals surface area contributed by atoms with Gasteiger partial charge in [-0.25, -0.2) is 12.8 Å². The van der Waals surface area contributed by atoms with Crippen molar-refractivity contribution >= 4 is 10.0 Å². The molecule has 1 aromatic carbocycles. The van der Waals surface area contributed by atoms with Gasteiger partial charge in [-0.15, -0.1) is 0 Å². The minimum Gasteiger partial charge on any atom is -0.375 e. The molecule has 3 aliphatic heterocycles. The van der Waals surface area contributed by atoms with Crippen LogP contribution in [0.2, 0.25) is 0 Å². The van der Waals surface area contributed by atoms with E-state index in [0.717, 1.165) is 51.7 Å². The Morgan fingerprint density at radius 3 is 2.43 bits per heavy atom. The number of rotatable bonds is 4. The summed E-state index contributed by atoms with van der Waals surface area (Å²) in [6, 6.07) is 6.39. The topological polar surface area (TPSA) is 53.1 Å². The molecule has 168 valence electrons. The maximum absolute atomic E-state index is 13.5. The first kappa shape index (κ1) is 22.1. The van der Waals surface area contributed by atoms with Gasteiger partial charge < -0.3 is 4.74 Å². The maximum Gasteiger partial charge on any atom is 0.243 e. The number of piperidine rings is 1. The average Bonchev–Trinajstić information content (AvgIpc) is 2.74. The second kappa shape index (κ2) is 8.82. The summed E-state index contributed by atoms with van der Waals surface area (Å²) in [4.78, 5) is 5.17. The van der Waals surface area contributed by atoms with Crippen molar-refractivity contribution in [3.8, 4) is 0 Å². The largest absolute Gasteiger partial charge is 0.375 e. The third-order valence-electron chi connectivity index (χ3n) is 7.13. The molecule has 1 spiro atoms. The van der Waals surface area contributed by atoms with Crippen LogP contribution in [-0.4, -0.2) is 86.1 Å². The van der Waals surface area contributed by atoms with Crippen LogP contribution in [0, 0.1) is 5.82 Å². The number of hydrogen-bond donors (Lipinski definition) is 0. The van der Waals surface area contributed by atoms with E-state index in [0.29, 0.717) is 38.0 Å². The van der Waals surface area contributed by atoms with Crippen molar-refractivity contribution in [2.45, 2.75) is 62.1 Å². The van der Waals surface area contributed by atoms with E-state index in [1.54, 1.807) is 0 Å². The van der Waals surface area contributed by atoms with Crippen LogP contribution in [0.3, 0.4) is 0 Å². The van der Waals surface area contributed by atoms with E-state index in [4.69, 9.17) is 4.74 Å². The number of hydrogen-bond acceptors (Lipinski definition) is 5. The molecule has 0 aromatic heterocycles. The quantitative estimate of drug-likeness (QED) is 0.722. The van der Waals surface area contributed by atoms with Gasteiger partial charge in [0.25, 0.3) is 0 Å². The molecule has 1 atom stereocenters. The third kappa shape index (κ3) is 4.58. The van der Waals surface area contributed by atoms with Crippen molar-refractivity contribution < 1.29 is 17.5 Å². The summed E-state index contributed by atoms with van der Waals surface area (Å²) < 4.78 is 47.1. The minimum absolute atomic E-state index is 0.0314. The molecule has 8 heteroatoms. The van der Waals surface area contributed by atoms with Crippen LogP contribution in [0.25, 0.3) is 0 Å². The first-order chi connectivity index (χ1) is 14.3. The monoisotopic (exact) mass is 439 g/mol. The van der Waals surface area contributed by atoms with Gasteiger partial charge in [-0.3, -0.25) is 9.80 Å². The fourth-order valence-electron chi connectivity index (χ4n) is 5.19. The molecular weight excluding hydrogens is 405 g/mol. The predicted octanol–water partition coefficient (Wildman–Crippen LogP) is 2.55. The van der Waals surface area contributed by atoms with Crippen molar-refractivity contribution in [1.29, 1.82) is 0 Å². The molecular formula is C22H34FN3O3S. The van der Waals surface area contributed by atoms with Crippen LogP contribution < -0.4 is 0 Å². The zero-order valence-corrected chi connectivity index (χ0v) is 18.9. The first-order valence-electron chi connectivity index (χ1n) is 11.2. The van der Waals surface area contributed by atoms with Crippen molar-refractivity contribution in [3.63, 3.8) is 0 Å². The van der Waals surface area contributed by atoms with Gasteiger partial charge in [0.15, 0.2) is 0 Å². The molecule has 30 heavy (non-hydrogen) atoms. The molecule has 1 aromatic rings. The fourth-order valence-corrected chi connectivity index (χ4v) is 6.67. The molecule has 0 amide bonds. The normalized spacial score (nSPS) is 27.0. The molecule has 0 aliphatic carbocycles. The Balaban J connectivity index is 1.37. The van der Waals surface area contributed by atoms with Crippen molar-refractivity contribution in [2.75, 3.05) is 45.9 Å². The lowest BCUT2D eigenvalue weighted by Gasteiger charge is -2.49. The first-order valence-corrected chi connectivity index (χ1v) is 12.6. The molecule has 3 aliphatic rings. The second-order valence-corrected chi connectivity index (χ2v) is 11.1. The van der Waals surface area contributed by atoms with Gasteiger partial charge in [0, 0.05) is 58.0 Å². The summed E-state index contributed by atoms with van der Waals surface area (Å²) in [5.74, 6) is -0.527. The van der Waals surface area contributed by atoms with Crippen LogP contribution in [0.5, 0.6) is 0 Å². The molecule has 0 radical (unpaired) electrons. The average molecular weight is 440 g/mol. The smallest absolute Gasteiger partial charge is 0.243 e. The van der Waals surface area contributed by atoms with Crippen molar-refractivity contribution in [1.82, 2.24) is 14.1 Å². The maximum atomic E-state index is 13.5. The molecule has 0 N–H and O–H groups in total. The molecule has 3 saturated heterocycles. The highest BCUT2D eigenvalue weighted by Gasteiger charge is 2.44. The number of halogens is 1. The highest BCUT2D eigenvalue weighted by Crippen LogP contribution is 2.38. The molecule has 4 rings (SSSR count). The molecule has 3 fully saturated rings. The van der Waals surface area contributed by atoms with Crippen LogP contribution in [0.1, 0.15) is 39.5 Å². The van der Waals surface area contributed by atoms with Gasteiger partial charge >= 0.3 is 0 Å². The van der Waals surface area contributed by atoms with Gasteiger partial charge in [0.2, 0.25) is 10.0 Å². The van der Waals surface area contributed by atoms with Crippen LogP contribution >= 0.6 is 0 Å². The van der Waals surface area contributed by atoms with Crippen LogP contribution in [-0.2, 0) is 14.8 Å². The molecule has 3 heterocycles. The summed E-state index contributed by atoms with van der Waals surface area (Å²) in [6.45, 7) is 10.5. The lowest BCUT2D eigenvalue weighted by Crippen LogP contribution is -2.58. The molecule has 0 bridgehead atoms. The fraction of sp³-hybridized carbons (Fsp3) is 0.727. The highest BCUT2D eigenvalue weighted by atomic mass is 32.2. The molecule has 0 saturated carbocycles. The zero-order chi connectivity index (χ0) is 21.4. The van der Waals surface area contributed by atoms with Gasteiger partial charge in [-0.1, -0.05) is 6.07 Å². The van der Waals surface area contributed by atoms with E-state index in [2.05, 4.69) is 23.6 Å². The Morgan fingerprint density at radius 1 is 1.10 bits per heavy atom. The summed E-state index contributed by atoms with van der Waals surface area (Å²) in [5.41, 5.74) is -0.230. The van der Waals surface area contributed by atoms with Gasteiger partial charge in [0.05, 0.1) is 10.5 Å². The predicted molar refractivity (Wildman–Crippen MR) is 114 cm³/mol. The number of sulfonamides is 1. The van der Waals surface area contributed by atoms with E-state index in [-0.39, 0.29) is 10.5 Å². The van der Waals surface area contributed by atoms with Gasteiger partial charge in [0.1, 0.15) is 5.82 Å². The molecule has 6 nitrogen and oxygen atoms in total. The van der Waals surface area contributed by atoms with E-state index in [1.165, 1.54) is 22.5 Å². The summed E-state index contributed by atoms with van der Waals surface area (Å²) >= 11 is 0. The van der Waals surface area contributed by atoms with E-state index in [9.17, 15) is 12.8 Å². The molecule has 1 unspecified atom stereocenters. The lowest BCUT2D eigenvalue weighted by atomic mass is 9.82. The standard InChI is InChI=1S/C22H34FN3O3S/c1-18(2)24-11-13-25(14-12-24)20-6-15-29-22(17-20)7-9-26(10-8-22)30(27,28)21-5-3-4-19(23)16-21/h3-5,16,18,20H,6-15,17H2,1-2H3. The number of piperazine rings is 1.